The average Bonchev–Trinajstić information content (AvgIpc) is 2.52. The fourth-order valence-electron chi connectivity index (χ4n) is 6.23. The Kier molecular flexibility index (Phi) is 4.22. The molecule has 0 heterocycles. The zero-order valence-corrected chi connectivity index (χ0v) is 15.7. The lowest BCUT2D eigenvalue weighted by atomic mass is 9.47. The van der Waals surface area contributed by atoms with Crippen molar-refractivity contribution in [1.29, 1.82) is 0 Å². The van der Waals surface area contributed by atoms with E-state index in [4.69, 9.17) is 4.74 Å². The monoisotopic (exact) mass is 356 g/mol. The van der Waals surface area contributed by atoms with Crippen molar-refractivity contribution in [3.8, 4) is 0 Å². The van der Waals surface area contributed by atoms with E-state index in [2.05, 4.69) is 0 Å². The second kappa shape index (κ2) is 6.19. The topological polar surface area (TPSA) is 63.6 Å². The number of hydrogen-bond donors (Lipinski definition) is 1. The van der Waals surface area contributed by atoms with Crippen LogP contribution in [-0.4, -0.2) is 29.1 Å². The Morgan fingerprint density at radius 2 is 1.85 bits per heavy atom. The van der Waals surface area contributed by atoms with E-state index in [1.807, 2.05) is 32.0 Å². The zero-order chi connectivity index (χ0) is 18.5. The highest BCUT2D eigenvalue weighted by molar-refractivity contribution is 5.99. The molecule has 0 spiro atoms. The van der Waals surface area contributed by atoms with Gasteiger partial charge < -0.3 is 9.84 Å². The molecule has 140 valence electrons. The lowest BCUT2D eigenvalue weighted by Gasteiger charge is -2.60. The molecule has 26 heavy (non-hydrogen) atoms. The highest BCUT2D eigenvalue weighted by atomic mass is 16.5. The number of esters is 1. The van der Waals surface area contributed by atoms with Crippen molar-refractivity contribution in [3.05, 3.63) is 34.9 Å². The van der Waals surface area contributed by atoms with Crippen molar-refractivity contribution in [2.24, 2.45) is 17.3 Å². The van der Waals surface area contributed by atoms with Crippen molar-refractivity contribution in [2.45, 2.75) is 64.4 Å². The second-order valence-corrected chi connectivity index (χ2v) is 9.26. The van der Waals surface area contributed by atoms with Gasteiger partial charge in [0.1, 0.15) is 0 Å². The summed E-state index contributed by atoms with van der Waals surface area (Å²) in [5, 5.41) is 10.8. The van der Waals surface area contributed by atoms with Crippen LogP contribution in [0.4, 0.5) is 0 Å². The van der Waals surface area contributed by atoms with E-state index in [1.54, 1.807) is 0 Å². The highest BCUT2D eigenvalue weighted by Crippen LogP contribution is 2.62. The predicted molar refractivity (Wildman–Crippen MR) is 97.9 cm³/mol. The Morgan fingerprint density at radius 1 is 1.15 bits per heavy atom. The molecule has 4 fully saturated rings. The lowest BCUT2D eigenvalue weighted by molar-refractivity contribution is -0.176. The summed E-state index contributed by atoms with van der Waals surface area (Å²) in [7, 11) is 0. The third-order valence-corrected chi connectivity index (χ3v) is 6.73. The maximum atomic E-state index is 12.5. The van der Waals surface area contributed by atoms with E-state index < -0.39 is 5.60 Å². The Labute approximate surface area is 154 Å². The molecule has 4 nitrogen and oxygen atoms in total. The number of carbonyl (C=O) groups excluding carboxylic acids is 2. The Hall–Kier alpha value is -1.68. The molecule has 0 saturated heterocycles. The van der Waals surface area contributed by atoms with E-state index in [9.17, 15) is 14.7 Å². The number of carbonyl (C=O) groups is 2. The summed E-state index contributed by atoms with van der Waals surface area (Å²) in [6.07, 6.45) is 6.08. The van der Waals surface area contributed by atoms with Crippen LogP contribution in [0.25, 0.3) is 0 Å². The molecule has 4 atom stereocenters. The molecule has 2 unspecified atom stereocenters. The van der Waals surface area contributed by atoms with Crippen molar-refractivity contribution in [2.75, 3.05) is 6.61 Å². The fraction of sp³-hybridized carbons (Fsp3) is 0.636. The number of benzene rings is 1. The van der Waals surface area contributed by atoms with Crippen LogP contribution in [0.15, 0.2) is 18.2 Å². The van der Waals surface area contributed by atoms with Gasteiger partial charge in [0.15, 0.2) is 6.61 Å². The molecule has 5 rings (SSSR count). The molecular formula is C22H28O4. The molecule has 4 aliphatic carbocycles. The van der Waals surface area contributed by atoms with E-state index >= 15 is 0 Å². The summed E-state index contributed by atoms with van der Waals surface area (Å²) < 4.78 is 5.35. The minimum absolute atomic E-state index is 0.113. The first-order valence-corrected chi connectivity index (χ1v) is 9.74. The second-order valence-electron chi connectivity index (χ2n) is 9.26. The third-order valence-electron chi connectivity index (χ3n) is 6.73. The molecule has 4 bridgehead atoms. The summed E-state index contributed by atoms with van der Waals surface area (Å²) in [5.74, 6) is 0.647. The molecule has 4 aliphatic rings. The number of aliphatic hydroxyl groups is 1. The number of ether oxygens (including phenoxy) is 1. The summed E-state index contributed by atoms with van der Waals surface area (Å²) >= 11 is 0. The number of rotatable bonds is 5. The summed E-state index contributed by atoms with van der Waals surface area (Å²) in [6.45, 7) is 3.64. The third kappa shape index (κ3) is 3.32. The molecule has 1 N–H and O–H groups in total. The zero-order valence-electron chi connectivity index (χ0n) is 15.7. The number of hydrogen-bond acceptors (Lipinski definition) is 4. The molecule has 1 aromatic carbocycles. The molecular weight excluding hydrogens is 328 g/mol. The van der Waals surface area contributed by atoms with Crippen LogP contribution in [0, 0.1) is 31.1 Å². The highest BCUT2D eigenvalue weighted by Gasteiger charge is 2.57. The van der Waals surface area contributed by atoms with Crippen molar-refractivity contribution >= 4 is 11.8 Å². The van der Waals surface area contributed by atoms with Crippen molar-refractivity contribution < 1.29 is 19.4 Å². The Morgan fingerprint density at radius 3 is 2.50 bits per heavy atom. The van der Waals surface area contributed by atoms with Gasteiger partial charge in [-0.3, -0.25) is 9.59 Å². The first-order chi connectivity index (χ1) is 12.3. The van der Waals surface area contributed by atoms with Crippen LogP contribution in [0.2, 0.25) is 0 Å². The predicted octanol–water partition coefficient (Wildman–Crippen LogP) is 3.75. The first-order valence-electron chi connectivity index (χ1n) is 9.74. The van der Waals surface area contributed by atoms with Gasteiger partial charge >= 0.3 is 5.97 Å². The van der Waals surface area contributed by atoms with Gasteiger partial charge in [0, 0.05) is 5.56 Å². The minimum atomic E-state index is -0.571. The average molecular weight is 356 g/mol. The van der Waals surface area contributed by atoms with Gasteiger partial charge in [0.25, 0.3) is 0 Å². The molecule has 0 radical (unpaired) electrons. The molecule has 0 aromatic heterocycles. The standard InChI is InChI=1S/C22H28O4/c1-14-3-4-15(2)18(5-14)19(23)12-26-20(24)11-21-7-16-6-17(8-21)10-22(25,9-16)13-21/h3-5,16-17,25H,6-13H2,1-2H3/t16-,17+,21?,22?. The summed E-state index contributed by atoms with van der Waals surface area (Å²) in [5.41, 5.74) is 1.87. The van der Waals surface area contributed by atoms with Gasteiger partial charge in [0.05, 0.1) is 12.0 Å². The normalized spacial score (nSPS) is 34.7. The van der Waals surface area contributed by atoms with Crippen LogP contribution < -0.4 is 0 Å². The number of ketones is 1. The van der Waals surface area contributed by atoms with Crippen LogP contribution in [-0.2, 0) is 9.53 Å². The smallest absolute Gasteiger partial charge is 0.306 e. The van der Waals surface area contributed by atoms with Gasteiger partial charge in [-0.05, 0) is 81.3 Å². The molecule has 0 aliphatic heterocycles. The van der Waals surface area contributed by atoms with Crippen LogP contribution in [0.1, 0.15) is 66.4 Å². The van der Waals surface area contributed by atoms with E-state index in [1.165, 1.54) is 6.42 Å². The minimum Gasteiger partial charge on any atom is -0.457 e. The largest absolute Gasteiger partial charge is 0.457 e. The quantitative estimate of drug-likeness (QED) is 0.645. The van der Waals surface area contributed by atoms with E-state index in [0.717, 1.165) is 36.8 Å². The molecule has 4 heteroatoms. The summed E-state index contributed by atoms with van der Waals surface area (Å²) in [6, 6.07) is 5.73. The van der Waals surface area contributed by atoms with Crippen LogP contribution >= 0.6 is 0 Å². The van der Waals surface area contributed by atoms with Gasteiger partial charge in [0.2, 0.25) is 5.78 Å². The Bertz CT molecular complexity index is 737. The fourth-order valence-corrected chi connectivity index (χ4v) is 6.23. The number of Topliss-reactive ketones (excluding diaryl/α,β-unsaturated/α-hetero) is 1. The Balaban J connectivity index is 1.37. The maximum absolute atomic E-state index is 12.5. The molecule has 1 aromatic rings. The van der Waals surface area contributed by atoms with Crippen molar-refractivity contribution in [1.82, 2.24) is 0 Å². The maximum Gasteiger partial charge on any atom is 0.306 e. The van der Waals surface area contributed by atoms with Crippen LogP contribution in [0.3, 0.4) is 0 Å². The summed E-state index contributed by atoms with van der Waals surface area (Å²) in [4.78, 5) is 24.9. The molecule has 4 saturated carbocycles. The number of aryl methyl sites for hydroxylation is 2. The van der Waals surface area contributed by atoms with Gasteiger partial charge in [-0.2, -0.15) is 0 Å². The van der Waals surface area contributed by atoms with E-state index in [-0.39, 0.29) is 23.8 Å². The van der Waals surface area contributed by atoms with Gasteiger partial charge in [-0.25, -0.2) is 0 Å². The first kappa shape index (κ1) is 17.7. The van der Waals surface area contributed by atoms with Gasteiger partial charge in [-0.1, -0.05) is 17.7 Å². The van der Waals surface area contributed by atoms with Crippen molar-refractivity contribution in [3.63, 3.8) is 0 Å². The van der Waals surface area contributed by atoms with Gasteiger partial charge in [-0.15, -0.1) is 0 Å². The molecule has 0 amide bonds. The van der Waals surface area contributed by atoms with Crippen LogP contribution in [0.5, 0.6) is 0 Å². The lowest BCUT2D eigenvalue weighted by Crippen LogP contribution is -2.56. The van der Waals surface area contributed by atoms with E-state index in [0.29, 0.717) is 30.2 Å². The SMILES string of the molecule is Cc1ccc(C)c(C(=O)COC(=O)CC23C[C@@H]4C[C@@H](CC(O)(C4)C2)C3)c1.